The number of amides is 1. The summed E-state index contributed by atoms with van der Waals surface area (Å²) in [5.41, 5.74) is 0.0606. The lowest BCUT2D eigenvalue weighted by Gasteiger charge is -2.27. The third-order valence-electron chi connectivity index (χ3n) is 4.93. The number of carbonyl (C=O) groups excluding carboxylic acids is 1. The van der Waals surface area contributed by atoms with E-state index in [2.05, 4.69) is 32.3 Å². The molecule has 1 heterocycles. The molecule has 1 atom stereocenters. The summed E-state index contributed by atoms with van der Waals surface area (Å²) in [4.78, 5) is 30.4. The molecule has 6 nitrogen and oxygen atoms in total. The maximum Gasteiger partial charge on any atom is 0.266 e. The lowest BCUT2D eigenvalue weighted by atomic mass is 9.90. The van der Waals surface area contributed by atoms with Crippen LogP contribution in [0.1, 0.15) is 20.8 Å². The van der Waals surface area contributed by atoms with Crippen molar-refractivity contribution in [1.82, 2.24) is 14.9 Å². The van der Waals surface area contributed by atoms with Gasteiger partial charge < -0.3 is 5.32 Å². The second kappa shape index (κ2) is 9.02. The van der Waals surface area contributed by atoms with E-state index in [-0.39, 0.29) is 23.1 Å². The molecule has 3 rings (SSSR count). The van der Waals surface area contributed by atoms with Crippen molar-refractivity contribution in [3.63, 3.8) is 0 Å². The summed E-state index contributed by atoms with van der Waals surface area (Å²) in [6.07, 6.45) is 0. The molecule has 1 aromatic heterocycles. The van der Waals surface area contributed by atoms with E-state index in [1.54, 1.807) is 19.1 Å². The minimum Gasteiger partial charge on any atom is -0.337 e. The normalized spacial score (nSPS) is 13.1. The molecule has 0 unspecified atom stereocenters. The number of hydrogen-bond donors (Lipinski definition) is 1. The topological polar surface area (TPSA) is 87.8 Å². The molecule has 2 aromatic carbocycles. The van der Waals surface area contributed by atoms with E-state index < -0.39 is 5.54 Å². The summed E-state index contributed by atoms with van der Waals surface area (Å²) < 4.78 is 2.30. The fourth-order valence-corrected chi connectivity index (χ4v) is 3.97. The van der Waals surface area contributed by atoms with Gasteiger partial charge in [-0.25, -0.2) is 4.98 Å². The van der Waals surface area contributed by atoms with Gasteiger partial charge in [-0.3, -0.25) is 14.2 Å². The van der Waals surface area contributed by atoms with Gasteiger partial charge in [-0.15, -0.1) is 0 Å². The first kappa shape index (κ1) is 22.1. The molecule has 0 radical (unpaired) electrons. The van der Waals surface area contributed by atoms with Gasteiger partial charge in [-0.1, -0.05) is 59.7 Å². The molecule has 0 fully saturated rings. The Morgan fingerprint density at radius 2 is 2.00 bits per heavy atom. The zero-order valence-electron chi connectivity index (χ0n) is 16.8. The van der Waals surface area contributed by atoms with Crippen molar-refractivity contribution in [1.29, 1.82) is 5.26 Å². The van der Waals surface area contributed by atoms with E-state index in [9.17, 15) is 14.9 Å². The molecule has 0 spiro atoms. The summed E-state index contributed by atoms with van der Waals surface area (Å²) in [5, 5.41) is 13.1. The predicted molar refractivity (Wildman–Crippen MR) is 123 cm³/mol. The molecule has 3 aromatic rings. The summed E-state index contributed by atoms with van der Waals surface area (Å²) in [5.74, 6) is -0.301. The molecule has 154 valence electrons. The number of nitriles is 1. The van der Waals surface area contributed by atoms with Gasteiger partial charge in [0.2, 0.25) is 5.91 Å². The zero-order valence-corrected chi connectivity index (χ0v) is 19.3. The Kier molecular flexibility index (Phi) is 6.64. The van der Waals surface area contributed by atoms with Gasteiger partial charge in [0.25, 0.3) is 5.56 Å². The highest BCUT2D eigenvalue weighted by molar-refractivity contribution is 9.10. The highest BCUT2D eigenvalue weighted by atomic mass is 79.9. The Bertz CT molecular complexity index is 1190. The van der Waals surface area contributed by atoms with Gasteiger partial charge in [-0.2, -0.15) is 5.26 Å². The SMILES string of the molecule is CC(C)[C@](C)(C#N)NC(=O)CSc1nc2ccc(Br)cc2c(=O)n1-c1ccccc1. The van der Waals surface area contributed by atoms with Crippen LogP contribution in [0.3, 0.4) is 0 Å². The fourth-order valence-electron chi connectivity index (χ4n) is 2.80. The quantitative estimate of drug-likeness (QED) is 0.416. The van der Waals surface area contributed by atoms with Gasteiger partial charge in [0.1, 0.15) is 5.54 Å². The van der Waals surface area contributed by atoms with Crippen molar-refractivity contribution in [2.45, 2.75) is 31.5 Å². The van der Waals surface area contributed by atoms with Crippen LogP contribution in [0.15, 0.2) is 63.0 Å². The highest BCUT2D eigenvalue weighted by Crippen LogP contribution is 2.23. The van der Waals surface area contributed by atoms with Crippen LogP contribution in [0.25, 0.3) is 16.6 Å². The number of hydrogen-bond acceptors (Lipinski definition) is 5. The molecule has 30 heavy (non-hydrogen) atoms. The van der Waals surface area contributed by atoms with Crippen LogP contribution in [0, 0.1) is 17.2 Å². The summed E-state index contributed by atoms with van der Waals surface area (Å²) >= 11 is 4.57. The molecule has 0 bridgehead atoms. The van der Waals surface area contributed by atoms with Crippen molar-refractivity contribution >= 4 is 44.5 Å². The molecule has 1 N–H and O–H groups in total. The van der Waals surface area contributed by atoms with E-state index in [0.29, 0.717) is 21.7 Å². The number of carbonyl (C=O) groups is 1. The van der Waals surface area contributed by atoms with Crippen molar-refractivity contribution in [2.75, 3.05) is 5.75 Å². The molecule has 0 aliphatic carbocycles. The smallest absolute Gasteiger partial charge is 0.266 e. The molecular weight excluding hydrogens is 464 g/mol. The zero-order chi connectivity index (χ0) is 21.9. The highest BCUT2D eigenvalue weighted by Gasteiger charge is 2.30. The number of halogens is 1. The third-order valence-corrected chi connectivity index (χ3v) is 6.36. The van der Waals surface area contributed by atoms with Gasteiger partial charge in [0.05, 0.1) is 28.4 Å². The lowest BCUT2D eigenvalue weighted by Crippen LogP contribution is -2.49. The number of aromatic nitrogens is 2. The summed E-state index contributed by atoms with van der Waals surface area (Å²) in [6, 6.07) is 16.7. The van der Waals surface area contributed by atoms with E-state index in [0.717, 1.165) is 16.2 Å². The first-order valence-electron chi connectivity index (χ1n) is 9.38. The second-order valence-electron chi connectivity index (χ2n) is 7.34. The molecular formula is C22H21BrN4O2S. The number of nitrogens with one attached hydrogen (secondary N) is 1. The lowest BCUT2D eigenvalue weighted by molar-refractivity contribution is -0.120. The Hall–Kier alpha value is -2.63. The molecule has 0 saturated heterocycles. The van der Waals surface area contributed by atoms with Crippen molar-refractivity contribution in [3.8, 4) is 11.8 Å². The maximum absolute atomic E-state index is 13.3. The number of para-hydroxylation sites is 1. The average molecular weight is 485 g/mol. The number of thioether (sulfide) groups is 1. The average Bonchev–Trinajstić information content (AvgIpc) is 2.73. The van der Waals surface area contributed by atoms with Crippen LogP contribution < -0.4 is 10.9 Å². The Balaban J connectivity index is 1.99. The van der Waals surface area contributed by atoms with E-state index in [1.165, 1.54) is 4.57 Å². The van der Waals surface area contributed by atoms with Crippen molar-refractivity contribution in [2.24, 2.45) is 5.92 Å². The van der Waals surface area contributed by atoms with Gasteiger partial charge in [-0.05, 0) is 43.2 Å². The molecule has 0 aliphatic heterocycles. The van der Waals surface area contributed by atoms with Crippen LogP contribution in [-0.2, 0) is 4.79 Å². The largest absolute Gasteiger partial charge is 0.337 e. The predicted octanol–water partition coefficient (Wildman–Crippen LogP) is 4.29. The fraction of sp³-hybridized carbons (Fsp3) is 0.273. The van der Waals surface area contributed by atoms with Crippen LogP contribution in [-0.4, -0.2) is 26.8 Å². The van der Waals surface area contributed by atoms with E-state index in [1.807, 2.05) is 50.2 Å². The van der Waals surface area contributed by atoms with Crippen molar-refractivity contribution < 1.29 is 4.79 Å². The first-order chi connectivity index (χ1) is 14.2. The van der Waals surface area contributed by atoms with Crippen LogP contribution in [0.5, 0.6) is 0 Å². The monoisotopic (exact) mass is 484 g/mol. The van der Waals surface area contributed by atoms with E-state index in [4.69, 9.17) is 0 Å². The minimum atomic E-state index is -0.959. The third kappa shape index (κ3) is 4.58. The number of benzene rings is 2. The Labute approximate surface area is 187 Å². The van der Waals surface area contributed by atoms with Crippen LogP contribution >= 0.6 is 27.7 Å². The number of nitrogens with zero attached hydrogens (tertiary/aromatic N) is 3. The number of rotatable bonds is 6. The summed E-state index contributed by atoms with van der Waals surface area (Å²) in [6.45, 7) is 5.46. The summed E-state index contributed by atoms with van der Waals surface area (Å²) in [7, 11) is 0. The van der Waals surface area contributed by atoms with Crippen LogP contribution in [0.4, 0.5) is 0 Å². The molecule has 0 saturated carbocycles. The minimum absolute atomic E-state index is 0.0330. The molecule has 0 aliphatic rings. The Morgan fingerprint density at radius 1 is 1.30 bits per heavy atom. The second-order valence-corrected chi connectivity index (χ2v) is 9.20. The van der Waals surface area contributed by atoms with E-state index >= 15 is 0 Å². The maximum atomic E-state index is 13.3. The van der Waals surface area contributed by atoms with Gasteiger partial charge in [0, 0.05) is 4.47 Å². The molecule has 1 amide bonds. The van der Waals surface area contributed by atoms with Gasteiger partial charge >= 0.3 is 0 Å². The Morgan fingerprint density at radius 3 is 2.63 bits per heavy atom. The molecule has 8 heteroatoms. The standard InChI is InChI=1S/C22H21BrN4O2S/c1-14(2)22(3,13-24)26-19(28)12-30-21-25-18-10-9-15(23)11-17(18)20(29)27(21)16-7-5-4-6-8-16/h4-11,14H,12H2,1-3H3,(H,26,28)/t22-/m0/s1. The van der Waals surface area contributed by atoms with Gasteiger partial charge in [0.15, 0.2) is 5.16 Å². The van der Waals surface area contributed by atoms with Crippen LogP contribution in [0.2, 0.25) is 0 Å². The van der Waals surface area contributed by atoms with Crippen molar-refractivity contribution in [3.05, 3.63) is 63.4 Å². The number of fused-ring (bicyclic) bond motifs is 1. The first-order valence-corrected chi connectivity index (χ1v) is 11.2.